The molecule has 44 heavy (non-hydrogen) atoms. The molecule has 0 aliphatic carbocycles. The standard InChI is InChI=1S/C29H28F8N2O4S/c1-18(40)38-15-23-25(31)13-22(14-26(23)44(2,41)42)43-12-4-11-39(17-28(33,34)20-7-9-21(30)10-8-20)16-19-5-3-6-24(27(19)32)29(35,36)37/h3,5-10,13-14H,4,11-12,15-17H2,1-2H3,(H,38,40). The van der Waals surface area contributed by atoms with E-state index in [1.807, 2.05) is 0 Å². The highest BCUT2D eigenvalue weighted by molar-refractivity contribution is 7.90. The lowest BCUT2D eigenvalue weighted by atomic mass is 10.1. The van der Waals surface area contributed by atoms with Crippen molar-refractivity contribution in [3.8, 4) is 5.75 Å². The lowest BCUT2D eigenvalue weighted by molar-refractivity contribution is -0.140. The van der Waals surface area contributed by atoms with Crippen molar-refractivity contribution in [1.29, 1.82) is 0 Å². The number of sulfone groups is 1. The molecule has 0 aromatic heterocycles. The van der Waals surface area contributed by atoms with Gasteiger partial charge in [0.15, 0.2) is 9.84 Å². The SMILES string of the molecule is CC(=O)NCc1c(F)cc(OCCCN(Cc2cccc(C(F)(F)F)c2F)CC(F)(F)c2ccc(F)cc2)cc1S(C)(=O)=O. The molecule has 15 heteroatoms. The largest absolute Gasteiger partial charge is 0.493 e. The van der Waals surface area contributed by atoms with E-state index in [0.717, 1.165) is 66.6 Å². The fraction of sp³-hybridized carbons (Fsp3) is 0.345. The van der Waals surface area contributed by atoms with Crippen molar-refractivity contribution in [2.45, 2.75) is 43.4 Å². The van der Waals surface area contributed by atoms with Crippen LogP contribution in [0.1, 0.15) is 35.6 Å². The third-order valence-electron chi connectivity index (χ3n) is 6.40. The van der Waals surface area contributed by atoms with Crippen LogP contribution in [0, 0.1) is 17.5 Å². The van der Waals surface area contributed by atoms with E-state index in [1.54, 1.807) is 0 Å². The van der Waals surface area contributed by atoms with Crippen LogP contribution < -0.4 is 10.1 Å². The highest BCUT2D eigenvalue weighted by Gasteiger charge is 2.37. The second-order valence-electron chi connectivity index (χ2n) is 9.96. The Morgan fingerprint density at radius 3 is 2.23 bits per heavy atom. The number of nitrogens with one attached hydrogen (secondary N) is 1. The topological polar surface area (TPSA) is 75.7 Å². The Morgan fingerprint density at radius 2 is 1.64 bits per heavy atom. The van der Waals surface area contributed by atoms with Gasteiger partial charge in [-0.1, -0.05) is 24.3 Å². The molecule has 0 saturated heterocycles. The fourth-order valence-corrected chi connectivity index (χ4v) is 5.25. The molecule has 1 N–H and O–H groups in total. The van der Waals surface area contributed by atoms with Gasteiger partial charge in [0.2, 0.25) is 5.91 Å². The zero-order valence-electron chi connectivity index (χ0n) is 23.5. The second-order valence-corrected chi connectivity index (χ2v) is 11.9. The molecular formula is C29H28F8N2O4S. The molecule has 6 nitrogen and oxygen atoms in total. The summed E-state index contributed by atoms with van der Waals surface area (Å²) in [7, 11) is -3.97. The van der Waals surface area contributed by atoms with E-state index in [1.165, 1.54) is 0 Å². The number of alkyl halides is 5. The van der Waals surface area contributed by atoms with Crippen molar-refractivity contribution in [3.63, 3.8) is 0 Å². The molecule has 0 fully saturated rings. The number of amides is 1. The van der Waals surface area contributed by atoms with Crippen molar-refractivity contribution < 1.29 is 53.1 Å². The molecule has 3 aromatic rings. The number of rotatable bonds is 13. The van der Waals surface area contributed by atoms with Crippen LogP contribution in [0.15, 0.2) is 59.5 Å². The molecule has 240 valence electrons. The van der Waals surface area contributed by atoms with Crippen LogP contribution in [0.5, 0.6) is 5.75 Å². The number of hydrogen-bond acceptors (Lipinski definition) is 5. The number of nitrogens with zero attached hydrogens (tertiary/aromatic N) is 1. The van der Waals surface area contributed by atoms with Gasteiger partial charge in [-0.2, -0.15) is 22.0 Å². The Labute approximate surface area is 248 Å². The normalized spacial score (nSPS) is 12.4. The van der Waals surface area contributed by atoms with E-state index in [9.17, 15) is 39.6 Å². The molecule has 3 rings (SSSR count). The molecule has 0 atom stereocenters. The summed E-state index contributed by atoms with van der Waals surface area (Å²) in [6, 6.07) is 7.76. The average molecular weight is 653 g/mol. The number of carbonyl (C=O) groups excluding carboxylic acids is 1. The van der Waals surface area contributed by atoms with Crippen LogP contribution in [0.2, 0.25) is 0 Å². The van der Waals surface area contributed by atoms with E-state index >= 15 is 8.78 Å². The maximum absolute atomic E-state index is 15.1. The summed E-state index contributed by atoms with van der Waals surface area (Å²) in [5.41, 5.74) is -2.93. The van der Waals surface area contributed by atoms with E-state index in [2.05, 4.69) is 5.32 Å². The molecule has 0 heterocycles. The number of benzene rings is 3. The Bertz CT molecular complexity index is 1580. The van der Waals surface area contributed by atoms with Crippen molar-refractivity contribution in [2.75, 3.05) is 26.0 Å². The Hall–Kier alpha value is -3.72. The molecule has 0 spiro atoms. The third-order valence-corrected chi connectivity index (χ3v) is 7.56. The van der Waals surface area contributed by atoms with Crippen molar-refractivity contribution >= 4 is 15.7 Å². The fourth-order valence-electron chi connectivity index (χ4n) is 4.31. The van der Waals surface area contributed by atoms with Gasteiger partial charge in [-0.05, 0) is 30.7 Å². The first-order chi connectivity index (χ1) is 20.4. The summed E-state index contributed by atoms with van der Waals surface area (Å²) in [4.78, 5) is 11.8. The van der Waals surface area contributed by atoms with E-state index < -0.39 is 86.5 Å². The molecule has 0 aliphatic heterocycles. The maximum atomic E-state index is 15.1. The predicted molar refractivity (Wildman–Crippen MR) is 144 cm³/mol. The Kier molecular flexibility index (Phi) is 11.0. The summed E-state index contributed by atoms with van der Waals surface area (Å²) in [5.74, 6) is -7.73. The van der Waals surface area contributed by atoms with Crippen LogP contribution in [0.3, 0.4) is 0 Å². The monoisotopic (exact) mass is 652 g/mol. The predicted octanol–water partition coefficient (Wildman–Crippen LogP) is 6.23. The lowest BCUT2D eigenvalue weighted by Gasteiger charge is -2.28. The molecule has 0 aliphatic rings. The van der Waals surface area contributed by atoms with Crippen LogP contribution in [0.4, 0.5) is 35.1 Å². The molecule has 0 unspecified atom stereocenters. The van der Waals surface area contributed by atoms with Gasteiger partial charge in [0.25, 0.3) is 5.92 Å². The first-order valence-corrected chi connectivity index (χ1v) is 14.9. The van der Waals surface area contributed by atoms with Gasteiger partial charge in [-0.15, -0.1) is 0 Å². The van der Waals surface area contributed by atoms with Crippen LogP contribution >= 0.6 is 0 Å². The minimum Gasteiger partial charge on any atom is -0.493 e. The van der Waals surface area contributed by atoms with Gasteiger partial charge in [0.05, 0.1) is 23.6 Å². The smallest absolute Gasteiger partial charge is 0.419 e. The summed E-state index contributed by atoms with van der Waals surface area (Å²) < 4.78 is 143. The molecule has 0 bridgehead atoms. The molecule has 0 radical (unpaired) electrons. The van der Waals surface area contributed by atoms with Gasteiger partial charge < -0.3 is 10.1 Å². The highest BCUT2D eigenvalue weighted by atomic mass is 32.2. The van der Waals surface area contributed by atoms with E-state index in [-0.39, 0.29) is 30.9 Å². The quantitative estimate of drug-likeness (QED) is 0.175. The highest BCUT2D eigenvalue weighted by Crippen LogP contribution is 2.34. The van der Waals surface area contributed by atoms with Gasteiger partial charge in [0.1, 0.15) is 23.2 Å². The van der Waals surface area contributed by atoms with E-state index in [4.69, 9.17) is 4.74 Å². The summed E-state index contributed by atoms with van der Waals surface area (Å²) in [6.07, 6.45) is -4.27. The second kappa shape index (κ2) is 13.9. The summed E-state index contributed by atoms with van der Waals surface area (Å²) >= 11 is 0. The Balaban J connectivity index is 1.81. The molecular weight excluding hydrogens is 624 g/mol. The zero-order valence-corrected chi connectivity index (χ0v) is 24.3. The average Bonchev–Trinajstić information content (AvgIpc) is 2.90. The number of hydrogen-bond donors (Lipinski definition) is 1. The minimum atomic E-state index is -5.02. The van der Waals surface area contributed by atoms with Crippen molar-refractivity contribution in [1.82, 2.24) is 10.2 Å². The van der Waals surface area contributed by atoms with Crippen molar-refractivity contribution in [3.05, 3.63) is 94.3 Å². The Morgan fingerprint density at radius 1 is 0.977 bits per heavy atom. The zero-order chi connectivity index (χ0) is 32.9. The summed E-state index contributed by atoms with van der Waals surface area (Å²) in [5, 5.41) is 2.31. The first-order valence-electron chi connectivity index (χ1n) is 13.0. The van der Waals surface area contributed by atoms with Crippen LogP contribution in [-0.2, 0) is 39.8 Å². The number of carbonyl (C=O) groups is 1. The molecule has 0 saturated carbocycles. The van der Waals surface area contributed by atoms with Gasteiger partial charge in [-0.25, -0.2) is 21.6 Å². The first kappa shape index (κ1) is 34.8. The van der Waals surface area contributed by atoms with Gasteiger partial charge >= 0.3 is 6.18 Å². The summed E-state index contributed by atoms with van der Waals surface area (Å²) in [6.45, 7) is -1.54. The van der Waals surface area contributed by atoms with E-state index in [0.29, 0.717) is 6.07 Å². The number of ether oxygens (including phenoxy) is 1. The lowest BCUT2D eigenvalue weighted by Crippen LogP contribution is -2.36. The van der Waals surface area contributed by atoms with Gasteiger partial charge in [0, 0.05) is 55.6 Å². The van der Waals surface area contributed by atoms with Gasteiger partial charge in [-0.3, -0.25) is 9.69 Å². The maximum Gasteiger partial charge on any atom is 0.419 e. The van der Waals surface area contributed by atoms with Crippen LogP contribution in [0.25, 0.3) is 0 Å². The minimum absolute atomic E-state index is 0.0798. The number of halogens is 8. The molecule has 3 aromatic carbocycles. The third kappa shape index (κ3) is 9.39. The van der Waals surface area contributed by atoms with Crippen LogP contribution in [-0.4, -0.2) is 45.2 Å². The molecule has 1 amide bonds. The van der Waals surface area contributed by atoms with Crippen molar-refractivity contribution in [2.24, 2.45) is 0 Å².